The molecule has 0 aliphatic carbocycles. The van der Waals surface area contributed by atoms with Gasteiger partial charge < -0.3 is 15.4 Å². The second-order valence-corrected chi connectivity index (χ2v) is 4.93. The van der Waals surface area contributed by atoms with Crippen molar-refractivity contribution in [3.8, 4) is 11.8 Å². The third kappa shape index (κ3) is 3.72. The van der Waals surface area contributed by atoms with Gasteiger partial charge in [0.2, 0.25) is 5.91 Å². The molecule has 1 saturated heterocycles. The molecule has 2 N–H and O–H groups in total. The van der Waals surface area contributed by atoms with Crippen molar-refractivity contribution in [2.75, 3.05) is 13.2 Å². The number of carbonyl (C=O) groups is 2. The highest BCUT2D eigenvalue weighted by Gasteiger charge is 2.30. The number of nitrogens with zero attached hydrogens (tertiary/aromatic N) is 2. The molecule has 110 valence electrons. The zero-order valence-electron chi connectivity index (χ0n) is 11.6. The fourth-order valence-corrected chi connectivity index (χ4v) is 2.41. The standard InChI is InChI=1S/C15H17N3O3/c16-9-11-4-3-5-12(8-11)21-10-14(19)18-7-2-1-6-13(18)15(17)20/h3-5,8,13H,1-2,6-7,10H2,(H2,17,20). The Morgan fingerprint density at radius 2 is 2.24 bits per heavy atom. The maximum atomic E-state index is 12.2. The molecule has 1 aliphatic heterocycles. The van der Waals surface area contributed by atoms with Gasteiger partial charge in [0, 0.05) is 6.54 Å². The van der Waals surface area contributed by atoms with Gasteiger partial charge in [-0.2, -0.15) is 5.26 Å². The second-order valence-electron chi connectivity index (χ2n) is 4.93. The molecule has 1 atom stereocenters. The van der Waals surface area contributed by atoms with Gasteiger partial charge in [-0.25, -0.2) is 0 Å². The minimum Gasteiger partial charge on any atom is -0.484 e. The van der Waals surface area contributed by atoms with Gasteiger partial charge in [0.25, 0.3) is 5.91 Å². The molecule has 0 saturated carbocycles. The number of primary amides is 1. The molecule has 21 heavy (non-hydrogen) atoms. The molecule has 2 amide bonds. The van der Waals surface area contributed by atoms with Crippen molar-refractivity contribution in [2.24, 2.45) is 5.73 Å². The summed E-state index contributed by atoms with van der Waals surface area (Å²) in [6.07, 6.45) is 2.35. The van der Waals surface area contributed by atoms with Gasteiger partial charge in [-0.3, -0.25) is 9.59 Å². The molecule has 1 heterocycles. The van der Waals surface area contributed by atoms with Crippen molar-refractivity contribution in [1.82, 2.24) is 4.90 Å². The van der Waals surface area contributed by atoms with Gasteiger partial charge >= 0.3 is 0 Å². The summed E-state index contributed by atoms with van der Waals surface area (Å²) in [5, 5.41) is 8.81. The zero-order valence-corrected chi connectivity index (χ0v) is 11.6. The van der Waals surface area contributed by atoms with Gasteiger partial charge in [0.1, 0.15) is 11.8 Å². The Kier molecular flexibility index (Phi) is 4.77. The second kappa shape index (κ2) is 6.75. The van der Waals surface area contributed by atoms with Crippen LogP contribution in [0, 0.1) is 11.3 Å². The van der Waals surface area contributed by atoms with E-state index in [1.807, 2.05) is 6.07 Å². The van der Waals surface area contributed by atoms with Crippen LogP contribution in [0.3, 0.4) is 0 Å². The third-order valence-electron chi connectivity index (χ3n) is 3.48. The Balaban J connectivity index is 1.97. The van der Waals surface area contributed by atoms with Crippen molar-refractivity contribution >= 4 is 11.8 Å². The van der Waals surface area contributed by atoms with E-state index in [2.05, 4.69) is 0 Å². The molecule has 1 aromatic carbocycles. The van der Waals surface area contributed by atoms with Crippen LogP contribution in [0.15, 0.2) is 24.3 Å². The van der Waals surface area contributed by atoms with E-state index < -0.39 is 11.9 Å². The molecule has 1 aliphatic rings. The molecule has 0 bridgehead atoms. The Bertz CT molecular complexity index is 580. The summed E-state index contributed by atoms with van der Waals surface area (Å²) in [6, 6.07) is 8.04. The first kappa shape index (κ1) is 14.9. The highest BCUT2D eigenvalue weighted by Crippen LogP contribution is 2.18. The highest BCUT2D eigenvalue weighted by molar-refractivity contribution is 5.87. The Hall–Kier alpha value is -2.55. The van der Waals surface area contributed by atoms with Crippen LogP contribution in [0.25, 0.3) is 0 Å². The largest absolute Gasteiger partial charge is 0.484 e. The monoisotopic (exact) mass is 287 g/mol. The number of ether oxygens (including phenoxy) is 1. The average Bonchev–Trinajstić information content (AvgIpc) is 2.52. The molecule has 1 aromatic rings. The number of carbonyl (C=O) groups excluding carboxylic acids is 2. The number of benzene rings is 1. The van der Waals surface area contributed by atoms with Gasteiger partial charge in [0.05, 0.1) is 11.6 Å². The zero-order chi connectivity index (χ0) is 15.2. The highest BCUT2D eigenvalue weighted by atomic mass is 16.5. The van der Waals surface area contributed by atoms with E-state index in [0.29, 0.717) is 24.3 Å². The molecule has 0 aromatic heterocycles. The van der Waals surface area contributed by atoms with E-state index in [9.17, 15) is 9.59 Å². The fourth-order valence-electron chi connectivity index (χ4n) is 2.41. The number of rotatable bonds is 4. The first-order valence-corrected chi connectivity index (χ1v) is 6.83. The maximum absolute atomic E-state index is 12.2. The van der Waals surface area contributed by atoms with E-state index in [1.54, 1.807) is 24.3 Å². The number of likely N-dealkylation sites (tertiary alicyclic amines) is 1. The lowest BCUT2D eigenvalue weighted by Gasteiger charge is -2.33. The van der Waals surface area contributed by atoms with Crippen molar-refractivity contribution < 1.29 is 14.3 Å². The SMILES string of the molecule is N#Cc1cccc(OCC(=O)N2CCCCC2C(N)=O)c1. The van der Waals surface area contributed by atoms with Crippen LogP contribution in [0.5, 0.6) is 5.75 Å². The lowest BCUT2D eigenvalue weighted by Crippen LogP contribution is -2.51. The number of nitrogens with two attached hydrogens (primary N) is 1. The van der Waals surface area contributed by atoms with E-state index >= 15 is 0 Å². The molecular weight excluding hydrogens is 270 g/mol. The van der Waals surface area contributed by atoms with Gasteiger partial charge in [-0.15, -0.1) is 0 Å². The molecule has 6 heteroatoms. The topological polar surface area (TPSA) is 96.4 Å². The summed E-state index contributed by atoms with van der Waals surface area (Å²) in [6.45, 7) is 0.354. The fraction of sp³-hybridized carbons (Fsp3) is 0.400. The normalized spacial score (nSPS) is 17.9. The number of hydrogen-bond acceptors (Lipinski definition) is 4. The van der Waals surface area contributed by atoms with Gasteiger partial charge in [-0.05, 0) is 37.5 Å². The summed E-state index contributed by atoms with van der Waals surface area (Å²) in [5.41, 5.74) is 5.80. The lowest BCUT2D eigenvalue weighted by molar-refractivity contribution is -0.142. The first-order valence-electron chi connectivity index (χ1n) is 6.83. The molecule has 2 rings (SSSR count). The van der Waals surface area contributed by atoms with E-state index in [0.717, 1.165) is 12.8 Å². The Morgan fingerprint density at radius 3 is 2.95 bits per heavy atom. The summed E-state index contributed by atoms with van der Waals surface area (Å²) in [4.78, 5) is 25.0. The van der Waals surface area contributed by atoms with Crippen LogP contribution < -0.4 is 10.5 Å². The summed E-state index contributed by atoms with van der Waals surface area (Å²) in [5.74, 6) is -0.287. The molecular formula is C15H17N3O3. The number of piperidine rings is 1. The van der Waals surface area contributed by atoms with Crippen molar-refractivity contribution in [1.29, 1.82) is 5.26 Å². The van der Waals surface area contributed by atoms with Crippen molar-refractivity contribution in [3.63, 3.8) is 0 Å². The van der Waals surface area contributed by atoms with Gasteiger partial charge in [-0.1, -0.05) is 6.07 Å². The number of nitriles is 1. The van der Waals surface area contributed by atoms with Crippen molar-refractivity contribution in [3.05, 3.63) is 29.8 Å². The molecule has 0 spiro atoms. The Morgan fingerprint density at radius 1 is 1.43 bits per heavy atom. The first-order chi connectivity index (χ1) is 10.1. The van der Waals surface area contributed by atoms with Crippen LogP contribution in [-0.4, -0.2) is 35.9 Å². The molecule has 1 fully saturated rings. The minimum absolute atomic E-state index is 0.168. The minimum atomic E-state index is -0.541. The summed E-state index contributed by atoms with van der Waals surface area (Å²) >= 11 is 0. The lowest BCUT2D eigenvalue weighted by atomic mass is 10.0. The van der Waals surface area contributed by atoms with E-state index in [-0.39, 0.29) is 12.5 Å². The van der Waals surface area contributed by atoms with Crippen molar-refractivity contribution in [2.45, 2.75) is 25.3 Å². The van der Waals surface area contributed by atoms with Crippen LogP contribution >= 0.6 is 0 Å². The molecule has 0 radical (unpaired) electrons. The van der Waals surface area contributed by atoms with E-state index in [1.165, 1.54) is 4.90 Å². The third-order valence-corrected chi connectivity index (χ3v) is 3.48. The quantitative estimate of drug-likeness (QED) is 0.886. The number of hydrogen-bond donors (Lipinski definition) is 1. The smallest absolute Gasteiger partial charge is 0.261 e. The summed E-state index contributed by atoms with van der Waals surface area (Å²) in [7, 11) is 0. The van der Waals surface area contributed by atoms with Crippen LogP contribution in [-0.2, 0) is 9.59 Å². The predicted octanol–water partition coefficient (Wildman–Crippen LogP) is 0.803. The molecule has 1 unspecified atom stereocenters. The maximum Gasteiger partial charge on any atom is 0.261 e. The van der Waals surface area contributed by atoms with Crippen LogP contribution in [0.2, 0.25) is 0 Å². The predicted molar refractivity (Wildman–Crippen MR) is 75.2 cm³/mol. The molecule has 6 nitrogen and oxygen atoms in total. The van der Waals surface area contributed by atoms with Crippen LogP contribution in [0.4, 0.5) is 0 Å². The van der Waals surface area contributed by atoms with E-state index in [4.69, 9.17) is 15.7 Å². The van der Waals surface area contributed by atoms with Gasteiger partial charge in [0.15, 0.2) is 6.61 Å². The summed E-state index contributed by atoms with van der Waals surface area (Å²) < 4.78 is 5.40. The van der Waals surface area contributed by atoms with Crippen LogP contribution in [0.1, 0.15) is 24.8 Å². The Labute approximate surface area is 123 Å². The number of amides is 2. The average molecular weight is 287 g/mol.